The summed E-state index contributed by atoms with van der Waals surface area (Å²) in [6.07, 6.45) is 2.10. The normalized spacial score (nSPS) is 26.4. The summed E-state index contributed by atoms with van der Waals surface area (Å²) in [6.45, 7) is 3.97. The molecule has 0 bridgehead atoms. The zero-order valence-corrected chi connectivity index (χ0v) is 14.1. The van der Waals surface area contributed by atoms with Crippen molar-refractivity contribution in [1.29, 1.82) is 0 Å². The Bertz CT molecular complexity index is 548. The molecule has 1 aromatic rings. The van der Waals surface area contributed by atoms with Gasteiger partial charge in [0.1, 0.15) is 0 Å². The first-order valence-corrected chi connectivity index (χ1v) is 8.42. The number of nitrogens with one attached hydrogen (secondary N) is 2. The van der Waals surface area contributed by atoms with E-state index in [-0.39, 0.29) is 17.9 Å². The number of hydrogen-bond acceptors (Lipinski definition) is 3. The summed E-state index contributed by atoms with van der Waals surface area (Å²) in [6, 6.07) is 7.04. The predicted molar refractivity (Wildman–Crippen MR) is 88.5 cm³/mol. The fourth-order valence-corrected chi connectivity index (χ4v) is 3.92. The van der Waals surface area contributed by atoms with Crippen LogP contribution >= 0.6 is 15.9 Å². The Balaban J connectivity index is 1.97. The number of fused-ring (bicyclic) bond motifs is 1. The molecular weight excluding hydrogens is 330 g/mol. The molecule has 21 heavy (non-hydrogen) atoms. The van der Waals surface area contributed by atoms with E-state index < -0.39 is 0 Å². The Morgan fingerprint density at radius 3 is 3.05 bits per heavy atom. The van der Waals surface area contributed by atoms with Gasteiger partial charge in [-0.15, -0.1) is 0 Å². The molecule has 0 radical (unpaired) electrons. The van der Waals surface area contributed by atoms with Crippen molar-refractivity contribution in [2.45, 2.75) is 31.8 Å². The van der Waals surface area contributed by atoms with Crippen LogP contribution in [0.2, 0.25) is 0 Å². The Morgan fingerprint density at radius 2 is 2.29 bits per heavy atom. The van der Waals surface area contributed by atoms with Gasteiger partial charge in [0.2, 0.25) is 5.91 Å². The van der Waals surface area contributed by atoms with Gasteiger partial charge in [-0.3, -0.25) is 4.79 Å². The number of carbonyl (C=O) groups is 1. The molecule has 114 valence electrons. The number of rotatable bonds is 3. The van der Waals surface area contributed by atoms with Crippen molar-refractivity contribution in [2.75, 3.05) is 25.0 Å². The summed E-state index contributed by atoms with van der Waals surface area (Å²) in [5.41, 5.74) is 2.54. The first-order valence-electron chi connectivity index (χ1n) is 7.63. The van der Waals surface area contributed by atoms with E-state index in [1.54, 1.807) is 0 Å². The van der Waals surface area contributed by atoms with Gasteiger partial charge in [0.25, 0.3) is 0 Å². The summed E-state index contributed by atoms with van der Waals surface area (Å²) in [7, 11) is 1.98. The van der Waals surface area contributed by atoms with Gasteiger partial charge in [0, 0.05) is 29.3 Å². The standard InChI is InChI=1S/C16H22BrN3O/c1-10(18-2)13-8-11(17)5-6-14(13)20-7-3-4-12-15(20)9-19-16(12)21/h5-6,8,10,12,15,18H,3-4,7,9H2,1-2H3,(H,19,21). The fourth-order valence-electron chi connectivity index (χ4n) is 3.54. The maximum atomic E-state index is 12.0. The van der Waals surface area contributed by atoms with E-state index in [2.05, 4.69) is 56.6 Å². The van der Waals surface area contributed by atoms with Crippen molar-refractivity contribution in [3.8, 4) is 0 Å². The molecule has 4 nitrogen and oxygen atoms in total. The van der Waals surface area contributed by atoms with Gasteiger partial charge >= 0.3 is 0 Å². The number of piperidine rings is 1. The van der Waals surface area contributed by atoms with Crippen molar-refractivity contribution < 1.29 is 4.79 Å². The molecule has 2 N–H and O–H groups in total. The van der Waals surface area contributed by atoms with Crippen molar-refractivity contribution in [1.82, 2.24) is 10.6 Å². The number of hydrogen-bond donors (Lipinski definition) is 2. The average Bonchev–Trinajstić information content (AvgIpc) is 2.88. The molecule has 3 atom stereocenters. The third-order valence-corrected chi connectivity index (χ3v) is 5.29. The lowest BCUT2D eigenvalue weighted by Gasteiger charge is -2.39. The molecule has 5 heteroatoms. The van der Waals surface area contributed by atoms with Crippen LogP contribution in [0.4, 0.5) is 5.69 Å². The highest BCUT2D eigenvalue weighted by atomic mass is 79.9. The quantitative estimate of drug-likeness (QED) is 0.878. The van der Waals surface area contributed by atoms with Gasteiger partial charge in [-0.05, 0) is 50.6 Å². The van der Waals surface area contributed by atoms with Gasteiger partial charge in [0.05, 0.1) is 12.0 Å². The molecule has 2 aliphatic heterocycles. The highest BCUT2D eigenvalue weighted by Crippen LogP contribution is 2.36. The minimum absolute atomic E-state index is 0.153. The average molecular weight is 352 g/mol. The van der Waals surface area contributed by atoms with Crippen LogP contribution < -0.4 is 15.5 Å². The zero-order chi connectivity index (χ0) is 15.0. The van der Waals surface area contributed by atoms with Crippen LogP contribution in [0.3, 0.4) is 0 Å². The molecule has 2 fully saturated rings. The highest BCUT2D eigenvalue weighted by molar-refractivity contribution is 9.10. The first kappa shape index (κ1) is 14.9. The molecule has 2 aliphatic rings. The number of carbonyl (C=O) groups excluding carboxylic acids is 1. The number of nitrogens with zero attached hydrogens (tertiary/aromatic N) is 1. The van der Waals surface area contributed by atoms with Crippen LogP contribution in [0, 0.1) is 5.92 Å². The van der Waals surface area contributed by atoms with Crippen molar-refractivity contribution in [3.63, 3.8) is 0 Å². The van der Waals surface area contributed by atoms with E-state index in [1.807, 2.05) is 7.05 Å². The van der Waals surface area contributed by atoms with Gasteiger partial charge in [-0.1, -0.05) is 15.9 Å². The van der Waals surface area contributed by atoms with Gasteiger partial charge in [-0.2, -0.15) is 0 Å². The van der Waals surface area contributed by atoms with Crippen LogP contribution in [0.5, 0.6) is 0 Å². The summed E-state index contributed by atoms with van der Waals surface area (Å²) in [5, 5.41) is 6.36. The second kappa shape index (κ2) is 5.97. The lowest BCUT2D eigenvalue weighted by atomic mass is 9.90. The Kier molecular flexibility index (Phi) is 4.22. The monoisotopic (exact) mass is 351 g/mol. The predicted octanol–water partition coefficient (Wildman–Crippen LogP) is 2.44. The lowest BCUT2D eigenvalue weighted by molar-refractivity contribution is -0.122. The fraction of sp³-hybridized carbons (Fsp3) is 0.562. The summed E-state index contributed by atoms with van der Waals surface area (Å²) >= 11 is 3.57. The number of anilines is 1. The number of benzene rings is 1. The minimum Gasteiger partial charge on any atom is -0.366 e. The molecular formula is C16H22BrN3O. The second-order valence-electron chi connectivity index (χ2n) is 5.97. The van der Waals surface area contributed by atoms with E-state index in [4.69, 9.17) is 0 Å². The van der Waals surface area contributed by atoms with E-state index in [0.29, 0.717) is 6.04 Å². The smallest absolute Gasteiger partial charge is 0.225 e. The van der Waals surface area contributed by atoms with Crippen LogP contribution in [0.1, 0.15) is 31.4 Å². The molecule has 3 unspecified atom stereocenters. The molecule has 0 aromatic heterocycles. The molecule has 2 heterocycles. The number of amides is 1. The first-order chi connectivity index (χ1) is 10.1. The maximum absolute atomic E-state index is 12.0. The van der Waals surface area contributed by atoms with E-state index in [9.17, 15) is 4.79 Å². The molecule has 1 amide bonds. The van der Waals surface area contributed by atoms with E-state index in [1.165, 1.54) is 11.3 Å². The van der Waals surface area contributed by atoms with Crippen molar-refractivity contribution in [2.24, 2.45) is 5.92 Å². The second-order valence-corrected chi connectivity index (χ2v) is 6.88. The third-order valence-electron chi connectivity index (χ3n) is 4.80. The zero-order valence-electron chi connectivity index (χ0n) is 12.5. The third kappa shape index (κ3) is 2.69. The molecule has 0 spiro atoms. The molecule has 1 aromatic carbocycles. The summed E-state index contributed by atoms with van der Waals surface area (Å²) in [4.78, 5) is 14.4. The lowest BCUT2D eigenvalue weighted by Crippen LogP contribution is -2.46. The van der Waals surface area contributed by atoms with Crippen LogP contribution in [-0.2, 0) is 4.79 Å². The molecule has 0 saturated carbocycles. The van der Waals surface area contributed by atoms with Crippen LogP contribution in [-0.4, -0.2) is 32.1 Å². The number of halogens is 1. The largest absolute Gasteiger partial charge is 0.366 e. The Morgan fingerprint density at radius 1 is 1.48 bits per heavy atom. The van der Waals surface area contributed by atoms with Gasteiger partial charge in [0.15, 0.2) is 0 Å². The highest BCUT2D eigenvalue weighted by Gasteiger charge is 2.41. The summed E-state index contributed by atoms with van der Waals surface area (Å²) in [5.74, 6) is 0.380. The van der Waals surface area contributed by atoms with E-state index in [0.717, 1.165) is 30.4 Å². The maximum Gasteiger partial charge on any atom is 0.225 e. The molecule has 2 saturated heterocycles. The van der Waals surface area contributed by atoms with E-state index >= 15 is 0 Å². The van der Waals surface area contributed by atoms with Crippen LogP contribution in [0.25, 0.3) is 0 Å². The SMILES string of the molecule is CNC(C)c1cc(Br)ccc1N1CCCC2C(=O)NCC21. The minimum atomic E-state index is 0.153. The van der Waals surface area contributed by atoms with Crippen molar-refractivity contribution >= 4 is 27.5 Å². The van der Waals surface area contributed by atoms with Gasteiger partial charge < -0.3 is 15.5 Å². The molecule has 3 rings (SSSR count). The van der Waals surface area contributed by atoms with Crippen molar-refractivity contribution in [3.05, 3.63) is 28.2 Å². The summed E-state index contributed by atoms with van der Waals surface area (Å²) < 4.78 is 1.09. The Hall–Kier alpha value is -1.07. The van der Waals surface area contributed by atoms with Crippen LogP contribution in [0.15, 0.2) is 22.7 Å². The molecule has 0 aliphatic carbocycles. The van der Waals surface area contributed by atoms with Gasteiger partial charge in [-0.25, -0.2) is 0 Å². The topological polar surface area (TPSA) is 44.4 Å². The Labute approximate surface area is 134 Å².